The molecule has 0 aliphatic rings. The van der Waals surface area contributed by atoms with E-state index in [-0.39, 0.29) is 5.92 Å². The fraction of sp³-hybridized carbons (Fsp3) is 0.364. The predicted molar refractivity (Wildman–Crippen MR) is 50.1 cm³/mol. The van der Waals surface area contributed by atoms with E-state index in [2.05, 4.69) is 0 Å². The number of carbonyl (C=O) groups is 1. The Hall–Kier alpha value is -1.25. The van der Waals surface area contributed by atoms with Crippen LogP contribution in [0.4, 0.5) is 8.78 Å². The van der Waals surface area contributed by atoms with Crippen LogP contribution in [-0.2, 0) is 4.79 Å². The van der Waals surface area contributed by atoms with Gasteiger partial charge in [-0.25, -0.2) is 8.78 Å². The summed E-state index contributed by atoms with van der Waals surface area (Å²) < 4.78 is 25.4. The lowest BCUT2D eigenvalue weighted by molar-refractivity contribution is -0.109. The molecule has 1 nitrogen and oxygen atoms in total. The van der Waals surface area contributed by atoms with Crippen molar-refractivity contribution in [1.82, 2.24) is 0 Å². The molecule has 0 fully saturated rings. The Morgan fingerprint density at radius 3 is 2.57 bits per heavy atom. The number of aldehydes is 1. The van der Waals surface area contributed by atoms with Crippen LogP contribution < -0.4 is 0 Å². The number of hydrogen-bond donors (Lipinski definition) is 0. The van der Waals surface area contributed by atoms with Gasteiger partial charge in [0.15, 0.2) is 11.6 Å². The third-order valence-corrected chi connectivity index (χ3v) is 2.14. The summed E-state index contributed by atoms with van der Waals surface area (Å²) in [5.74, 6) is -2.10. The quantitative estimate of drug-likeness (QED) is 0.679. The Kier molecular flexibility index (Phi) is 3.74. The van der Waals surface area contributed by atoms with Gasteiger partial charge in [-0.2, -0.15) is 0 Å². The standard InChI is InChI=1S/C11H12F2O/c1-2-3-9(7-14)8-4-5-10(12)11(13)6-8/h4-7,9H,2-3H2,1H3. The maximum atomic E-state index is 12.8. The first-order valence-corrected chi connectivity index (χ1v) is 4.59. The number of hydrogen-bond acceptors (Lipinski definition) is 1. The average Bonchev–Trinajstić information content (AvgIpc) is 2.19. The SMILES string of the molecule is CCCC(C=O)c1ccc(F)c(F)c1. The van der Waals surface area contributed by atoms with Crippen molar-refractivity contribution in [3.8, 4) is 0 Å². The average molecular weight is 198 g/mol. The van der Waals surface area contributed by atoms with E-state index in [1.807, 2.05) is 6.92 Å². The molecule has 1 unspecified atom stereocenters. The van der Waals surface area contributed by atoms with Gasteiger partial charge in [0.05, 0.1) is 0 Å². The van der Waals surface area contributed by atoms with E-state index in [1.54, 1.807) is 0 Å². The molecule has 0 spiro atoms. The van der Waals surface area contributed by atoms with Gasteiger partial charge in [-0.05, 0) is 24.1 Å². The Morgan fingerprint density at radius 2 is 2.07 bits per heavy atom. The molecule has 0 aromatic heterocycles. The molecule has 1 aromatic carbocycles. The Morgan fingerprint density at radius 1 is 1.36 bits per heavy atom. The van der Waals surface area contributed by atoms with Gasteiger partial charge in [0.2, 0.25) is 0 Å². The highest BCUT2D eigenvalue weighted by molar-refractivity contribution is 5.61. The van der Waals surface area contributed by atoms with Gasteiger partial charge in [0.1, 0.15) is 6.29 Å². The molecule has 0 radical (unpaired) electrons. The molecule has 0 heterocycles. The zero-order valence-electron chi connectivity index (χ0n) is 7.97. The van der Waals surface area contributed by atoms with Crippen molar-refractivity contribution in [3.05, 3.63) is 35.4 Å². The van der Waals surface area contributed by atoms with Crippen molar-refractivity contribution in [1.29, 1.82) is 0 Å². The van der Waals surface area contributed by atoms with E-state index in [0.717, 1.165) is 24.8 Å². The van der Waals surface area contributed by atoms with Gasteiger partial charge in [-0.1, -0.05) is 19.4 Å². The summed E-state index contributed by atoms with van der Waals surface area (Å²) in [7, 11) is 0. The highest BCUT2D eigenvalue weighted by Gasteiger charge is 2.11. The largest absolute Gasteiger partial charge is 0.303 e. The Bertz CT molecular complexity index is 323. The monoisotopic (exact) mass is 198 g/mol. The van der Waals surface area contributed by atoms with Crippen molar-refractivity contribution in [3.63, 3.8) is 0 Å². The van der Waals surface area contributed by atoms with Crippen LogP contribution >= 0.6 is 0 Å². The second-order valence-electron chi connectivity index (χ2n) is 3.20. The van der Waals surface area contributed by atoms with Gasteiger partial charge in [-0.3, -0.25) is 0 Å². The summed E-state index contributed by atoms with van der Waals surface area (Å²) in [5.41, 5.74) is 0.542. The van der Waals surface area contributed by atoms with Crippen molar-refractivity contribution in [2.24, 2.45) is 0 Å². The van der Waals surface area contributed by atoms with Crippen molar-refractivity contribution in [2.75, 3.05) is 0 Å². The lowest BCUT2D eigenvalue weighted by Crippen LogP contribution is -2.01. The minimum Gasteiger partial charge on any atom is -0.303 e. The molecule has 0 amide bonds. The highest BCUT2D eigenvalue weighted by Crippen LogP contribution is 2.20. The molecule has 14 heavy (non-hydrogen) atoms. The topological polar surface area (TPSA) is 17.1 Å². The summed E-state index contributed by atoms with van der Waals surface area (Å²) in [6, 6.07) is 3.59. The smallest absolute Gasteiger partial charge is 0.159 e. The van der Waals surface area contributed by atoms with E-state index in [0.29, 0.717) is 12.0 Å². The summed E-state index contributed by atoms with van der Waals surface area (Å²) in [6.45, 7) is 1.94. The number of benzene rings is 1. The summed E-state index contributed by atoms with van der Waals surface area (Å²) >= 11 is 0. The first kappa shape index (κ1) is 10.8. The molecule has 0 saturated carbocycles. The Balaban J connectivity index is 2.93. The zero-order valence-corrected chi connectivity index (χ0v) is 7.97. The number of carbonyl (C=O) groups excluding carboxylic acids is 1. The van der Waals surface area contributed by atoms with E-state index >= 15 is 0 Å². The molecular weight excluding hydrogens is 186 g/mol. The van der Waals surface area contributed by atoms with Crippen LogP contribution in [0.15, 0.2) is 18.2 Å². The van der Waals surface area contributed by atoms with Gasteiger partial charge in [-0.15, -0.1) is 0 Å². The van der Waals surface area contributed by atoms with E-state index in [1.165, 1.54) is 6.07 Å². The summed E-state index contributed by atoms with van der Waals surface area (Å²) in [5, 5.41) is 0. The molecule has 0 N–H and O–H groups in total. The van der Waals surface area contributed by atoms with E-state index in [9.17, 15) is 13.6 Å². The van der Waals surface area contributed by atoms with E-state index < -0.39 is 11.6 Å². The number of halogens is 2. The van der Waals surface area contributed by atoms with Gasteiger partial charge in [0, 0.05) is 5.92 Å². The third kappa shape index (κ3) is 2.37. The van der Waals surface area contributed by atoms with Crippen LogP contribution in [0.3, 0.4) is 0 Å². The van der Waals surface area contributed by atoms with Crippen LogP contribution in [0.25, 0.3) is 0 Å². The lowest BCUT2D eigenvalue weighted by Gasteiger charge is -2.08. The molecule has 0 aliphatic carbocycles. The Labute approximate surface area is 81.7 Å². The molecule has 1 aromatic rings. The van der Waals surface area contributed by atoms with Gasteiger partial charge in [0.25, 0.3) is 0 Å². The van der Waals surface area contributed by atoms with Crippen LogP contribution in [0.2, 0.25) is 0 Å². The maximum Gasteiger partial charge on any atom is 0.159 e. The van der Waals surface area contributed by atoms with Crippen molar-refractivity contribution in [2.45, 2.75) is 25.7 Å². The molecule has 0 bridgehead atoms. The maximum absolute atomic E-state index is 12.8. The van der Waals surface area contributed by atoms with Crippen LogP contribution in [0.1, 0.15) is 31.2 Å². The van der Waals surface area contributed by atoms with Gasteiger partial charge >= 0.3 is 0 Å². The lowest BCUT2D eigenvalue weighted by atomic mass is 9.96. The fourth-order valence-electron chi connectivity index (χ4n) is 1.37. The highest BCUT2D eigenvalue weighted by atomic mass is 19.2. The molecule has 1 rings (SSSR count). The van der Waals surface area contributed by atoms with Crippen LogP contribution in [0, 0.1) is 11.6 Å². The first-order chi connectivity index (χ1) is 6.69. The normalized spacial score (nSPS) is 12.5. The fourth-order valence-corrected chi connectivity index (χ4v) is 1.37. The predicted octanol–water partition coefficient (Wildman–Crippen LogP) is 3.05. The van der Waals surface area contributed by atoms with Crippen LogP contribution in [-0.4, -0.2) is 6.29 Å². The molecule has 0 saturated heterocycles. The minimum atomic E-state index is -0.898. The molecule has 0 aliphatic heterocycles. The van der Waals surface area contributed by atoms with Crippen molar-refractivity contribution < 1.29 is 13.6 Å². The zero-order chi connectivity index (χ0) is 10.6. The third-order valence-electron chi connectivity index (χ3n) is 2.14. The summed E-state index contributed by atoms with van der Waals surface area (Å²) in [6.07, 6.45) is 2.27. The minimum absolute atomic E-state index is 0.324. The molecule has 76 valence electrons. The second kappa shape index (κ2) is 4.84. The second-order valence-corrected chi connectivity index (χ2v) is 3.20. The van der Waals surface area contributed by atoms with Crippen LogP contribution in [0.5, 0.6) is 0 Å². The first-order valence-electron chi connectivity index (χ1n) is 4.59. The summed E-state index contributed by atoms with van der Waals surface area (Å²) in [4.78, 5) is 10.7. The molecule has 1 atom stereocenters. The van der Waals surface area contributed by atoms with E-state index in [4.69, 9.17) is 0 Å². The molecule has 3 heteroatoms. The molecular formula is C11H12F2O. The number of rotatable bonds is 4. The van der Waals surface area contributed by atoms with Gasteiger partial charge < -0.3 is 4.79 Å². The van der Waals surface area contributed by atoms with Crippen molar-refractivity contribution >= 4 is 6.29 Å².